The Balaban J connectivity index is 2.55. The van der Waals surface area contributed by atoms with Gasteiger partial charge in [-0.2, -0.15) is 0 Å². The van der Waals surface area contributed by atoms with Gasteiger partial charge < -0.3 is 0 Å². The second-order valence-electron chi connectivity index (χ2n) is 2.92. The molecule has 1 amide bonds. The molecule has 68 valence electrons. The predicted molar refractivity (Wildman–Crippen MR) is 41.8 cm³/mol. The summed E-state index contributed by atoms with van der Waals surface area (Å²) >= 11 is 0. The summed E-state index contributed by atoms with van der Waals surface area (Å²) in [6.45, 7) is 0.270. The molecular weight excluding hydrogens is 160 g/mol. The maximum absolute atomic E-state index is 11.1. The van der Waals surface area contributed by atoms with Gasteiger partial charge in [-0.1, -0.05) is 17.9 Å². The summed E-state index contributed by atoms with van der Waals surface area (Å²) in [6.07, 6.45) is 3.84. The van der Waals surface area contributed by atoms with Crippen LogP contribution in [0.2, 0.25) is 0 Å². The monoisotopic (exact) mass is 172 g/mol. The fourth-order valence-corrected chi connectivity index (χ4v) is 1.32. The smallest absolute Gasteiger partial charge is 0.269 e. The number of rotatable bonds is 1. The first kappa shape index (κ1) is 8.96. The van der Waals surface area contributed by atoms with Crippen molar-refractivity contribution in [3.63, 3.8) is 0 Å². The summed E-state index contributed by atoms with van der Waals surface area (Å²) in [5.74, 6) is -0.347. The Morgan fingerprint density at radius 1 is 1.25 bits per heavy atom. The lowest BCUT2D eigenvalue weighted by Crippen LogP contribution is -2.37. The Kier molecular flexibility index (Phi) is 3.01. The van der Waals surface area contributed by atoms with Crippen molar-refractivity contribution in [2.24, 2.45) is 0 Å². The number of hydrazine groups is 1. The minimum absolute atomic E-state index is 0.270. The van der Waals surface area contributed by atoms with Gasteiger partial charge in [-0.05, 0) is 12.8 Å². The molecule has 1 aliphatic rings. The zero-order chi connectivity index (χ0) is 8.97. The normalized spacial score (nSPS) is 20.0. The summed E-state index contributed by atoms with van der Waals surface area (Å²) in [7, 11) is 0. The minimum Gasteiger partial charge on any atom is -0.269 e. The first-order valence-corrected chi connectivity index (χ1v) is 4.16. The number of nitrogens with zero attached hydrogens (tertiary/aromatic N) is 2. The topological polar surface area (TPSA) is 63.5 Å². The quantitative estimate of drug-likeness (QED) is 0.437. The second kappa shape index (κ2) is 4.04. The van der Waals surface area contributed by atoms with Crippen LogP contribution in [0.5, 0.6) is 0 Å². The van der Waals surface area contributed by atoms with Gasteiger partial charge in [-0.25, -0.2) is 10.1 Å². The van der Waals surface area contributed by atoms with E-state index < -0.39 is 5.03 Å². The molecule has 1 fully saturated rings. The third kappa shape index (κ3) is 2.18. The van der Waals surface area contributed by atoms with Gasteiger partial charge in [-0.3, -0.25) is 4.79 Å². The summed E-state index contributed by atoms with van der Waals surface area (Å²) in [6, 6.07) is 0. The zero-order valence-electron chi connectivity index (χ0n) is 6.86. The minimum atomic E-state index is -0.604. The van der Waals surface area contributed by atoms with Crippen LogP contribution < -0.4 is 0 Å². The van der Waals surface area contributed by atoms with E-state index in [0.717, 1.165) is 30.7 Å². The SMILES string of the molecule is O=C1CCCCCCN1[N+](=O)[O-]. The van der Waals surface area contributed by atoms with E-state index in [9.17, 15) is 14.9 Å². The van der Waals surface area contributed by atoms with Crippen LogP contribution in [0.15, 0.2) is 0 Å². The van der Waals surface area contributed by atoms with Gasteiger partial charge in [-0.15, -0.1) is 0 Å². The van der Waals surface area contributed by atoms with E-state index in [2.05, 4.69) is 0 Å². The molecule has 5 nitrogen and oxygen atoms in total. The summed E-state index contributed by atoms with van der Waals surface area (Å²) in [5.41, 5.74) is 0. The van der Waals surface area contributed by atoms with Crippen molar-refractivity contribution >= 4 is 5.91 Å². The summed E-state index contributed by atoms with van der Waals surface area (Å²) < 4.78 is 0. The number of hydrogen-bond donors (Lipinski definition) is 0. The molecular formula is C7H12N2O3. The molecule has 0 radical (unpaired) electrons. The van der Waals surface area contributed by atoms with Crippen LogP contribution >= 0.6 is 0 Å². The highest BCUT2D eigenvalue weighted by Gasteiger charge is 2.24. The number of hydrogen-bond acceptors (Lipinski definition) is 3. The highest BCUT2D eigenvalue weighted by atomic mass is 16.7. The van der Waals surface area contributed by atoms with Gasteiger partial charge in [0.1, 0.15) is 0 Å². The standard InChI is InChI=1S/C7H12N2O3/c10-7-5-3-1-2-4-6-8(7)9(11)12/h1-6H2. The van der Waals surface area contributed by atoms with Gasteiger partial charge in [0, 0.05) is 6.42 Å². The fourth-order valence-electron chi connectivity index (χ4n) is 1.32. The van der Waals surface area contributed by atoms with E-state index in [1.165, 1.54) is 0 Å². The average molecular weight is 172 g/mol. The summed E-state index contributed by atoms with van der Waals surface area (Å²) in [4.78, 5) is 21.4. The highest BCUT2D eigenvalue weighted by molar-refractivity contribution is 5.74. The molecule has 0 aliphatic carbocycles. The van der Waals surface area contributed by atoms with E-state index >= 15 is 0 Å². The van der Waals surface area contributed by atoms with E-state index in [1.807, 2.05) is 0 Å². The molecule has 0 aromatic carbocycles. The van der Waals surface area contributed by atoms with Crippen LogP contribution in [0.3, 0.4) is 0 Å². The Morgan fingerprint density at radius 3 is 2.58 bits per heavy atom. The molecule has 1 rings (SSSR count). The maximum atomic E-state index is 11.1. The Labute approximate surface area is 70.5 Å². The van der Waals surface area contributed by atoms with Crippen LogP contribution in [0.25, 0.3) is 0 Å². The van der Waals surface area contributed by atoms with Gasteiger partial charge in [0.2, 0.25) is 0 Å². The van der Waals surface area contributed by atoms with Crippen LogP contribution in [-0.2, 0) is 4.79 Å². The van der Waals surface area contributed by atoms with Crippen LogP contribution in [0.4, 0.5) is 0 Å². The highest BCUT2D eigenvalue weighted by Crippen LogP contribution is 2.11. The lowest BCUT2D eigenvalue weighted by atomic mass is 10.1. The lowest BCUT2D eigenvalue weighted by Gasteiger charge is -2.14. The van der Waals surface area contributed by atoms with Crippen LogP contribution in [-0.4, -0.2) is 22.5 Å². The molecule has 1 heterocycles. The van der Waals surface area contributed by atoms with E-state index in [1.54, 1.807) is 0 Å². The third-order valence-corrected chi connectivity index (χ3v) is 2.00. The lowest BCUT2D eigenvalue weighted by molar-refractivity contribution is -0.634. The molecule has 12 heavy (non-hydrogen) atoms. The number of amides is 1. The molecule has 0 atom stereocenters. The van der Waals surface area contributed by atoms with Crippen LogP contribution in [0.1, 0.15) is 32.1 Å². The Hall–Kier alpha value is -1.13. The molecule has 0 N–H and O–H groups in total. The Morgan fingerprint density at radius 2 is 1.92 bits per heavy atom. The second-order valence-corrected chi connectivity index (χ2v) is 2.92. The molecule has 0 aromatic rings. The van der Waals surface area contributed by atoms with Crippen LogP contribution in [0, 0.1) is 10.1 Å². The Bertz CT molecular complexity index is 193. The van der Waals surface area contributed by atoms with Crippen molar-refractivity contribution in [1.29, 1.82) is 0 Å². The average Bonchev–Trinajstić information content (AvgIpc) is 1.96. The van der Waals surface area contributed by atoms with E-state index in [4.69, 9.17) is 0 Å². The maximum Gasteiger partial charge on any atom is 0.283 e. The molecule has 0 saturated carbocycles. The summed E-state index contributed by atoms with van der Waals surface area (Å²) in [5, 5.41) is 10.5. The zero-order valence-corrected chi connectivity index (χ0v) is 6.86. The van der Waals surface area contributed by atoms with Gasteiger partial charge in [0.15, 0.2) is 5.03 Å². The molecule has 1 saturated heterocycles. The third-order valence-electron chi connectivity index (χ3n) is 2.00. The van der Waals surface area contributed by atoms with E-state index in [0.29, 0.717) is 6.42 Å². The van der Waals surface area contributed by atoms with Gasteiger partial charge >= 0.3 is 0 Å². The molecule has 0 aromatic heterocycles. The van der Waals surface area contributed by atoms with Gasteiger partial charge in [0.05, 0.1) is 6.54 Å². The van der Waals surface area contributed by atoms with Crippen molar-refractivity contribution in [3.05, 3.63) is 10.1 Å². The number of nitro groups is 1. The number of carbonyl (C=O) groups is 1. The molecule has 0 spiro atoms. The predicted octanol–water partition coefficient (Wildman–Crippen LogP) is 0.971. The van der Waals surface area contributed by atoms with Crippen molar-refractivity contribution in [3.8, 4) is 0 Å². The first-order valence-electron chi connectivity index (χ1n) is 4.16. The van der Waals surface area contributed by atoms with E-state index in [-0.39, 0.29) is 12.5 Å². The fraction of sp³-hybridized carbons (Fsp3) is 0.857. The van der Waals surface area contributed by atoms with Crippen molar-refractivity contribution in [2.45, 2.75) is 32.1 Å². The van der Waals surface area contributed by atoms with Gasteiger partial charge in [0.25, 0.3) is 5.91 Å². The largest absolute Gasteiger partial charge is 0.283 e. The van der Waals surface area contributed by atoms with Crippen molar-refractivity contribution < 1.29 is 9.83 Å². The molecule has 0 bridgehead atoms. The van der Waals surface area contributed by atoms with Crippen molar-refractivity contribution in [1.82, 2.24) is 5.01 Å². The first-order chi connectivity index (χ1) is 5.72. The molecule has 0 unspecified atom stereocenters. The van der Waals surface area contributed by atoms with Crippen molar-refractivity contribution in [2.75, 3.05) is 6.54 Å². The molecule has 1 aliphatic heterocycles. The molecule has 5 heteroatoms. The number of carbonyl (C=O) groups excluding carboxylic acids is 1.